The van der Waals surface area contributed by atoms with Crippen LogP contribution in [0.5, 0.6) is 11.5 Å². The minimum atomic E-state index is -0.00549. The Morgan fingerprint density at radius 2 is 1.84 bits per heavy atom. The Balaban J connectivity index is 1.76. The third-order valence-corrected chi connectivity index (χ3v) is 4.44. The highest BCUT2D eigenvalue weighted by atomic mass is 16.5. The number of hydrogen-bond acceptors (Lipinski definition) is 4. The second kappa shape index (κ2) is 7.38. The van der Waals surface area contributed by atoms with E-state index in [0.29, 0.717) is 42.8 Å². The second-order valence-electron chi connectivity index (χ2n) is 5.92. The third kappa shape index (κ3) is 3.50. The summed E-state index contributed by atoms with van der Waals surface area (Å²) in [6, 6.07) is 13.0. The highest BCUT2D eigenvalue weighted by Gasteiger charge is 2.29. The maximum absolute atomic E-state index is 12.8. The van der Waals surface area contributed by atoms with E-state index < -0.39 is 0 Å². The molecule has 1 heterocycles. The maximum Gasteiger partial charge on any atom is 0.227 e. The fourth-order valence-corrected chi connectivity index (χ4v) is 3.08. The number of carbonyl (C=O) groups is 2. The average molecular weight is 339 g/mol. The first kappa shape index (κ1) is 17.0. The number of Topliss-reactive ketones (excluding diaryl/α,β-unsaturated/α-hetero) is 1. The summed E-state index contributed by atoms with van der Waals surface area (Å²) in [5.41, 5.74) is 2.23. The number of para-hydroxylation sites is 1. The number of benzene rings is 2. The number of nitrogens with zero attached hydrogens (tertiary/aromatic N) is 1. The predicted molar refractivity (Wildman–Crippen MR) is 95.6 cm³/mol. The molecule has 25 heavy (non-hydrogen) atoms. The van der Waals surface area contributed by atoms with Crippen LogP contribution in [0.4, 0.5) is 5.69 Å². The first-order chi connectivity index (χ1) is 12.1. The zero-order valence-electron chi connectivity index (χ0n) is 14.5. The van der Waals surface area contributed by atoms with Gasteiger partial charge in [0.05, 0.1) is 19.9 Å². The molecule has 1 aliphatic rings. The van der Waals surface area contributed by atoms with Crippen molar-refractivity contribution in [1.29, 1.82) is 0 Å². The van der Waals surface area contributed by atoms with Crippen molar-refractivity contribution >= 4 is 17.4 Å². The SMILES string of the molecule is COc1ccc(CCC(=O)N2CCC(=O)c3cccc(OC)c32)cc1. The number of fused-ring (bicyclic) bond motifs is 1. The van der Waals surface area contributed by atoms with Crippen molar-refractivity contribution in [3.63, 3.8) is 0 Å². The lowest BCUT2D eigenvalue weighted by atomic mass is 9.98. The smallest absolute Gasteiger partial charge is 0.227 e. The number of methoxy groups -OCH3 is 2. The predicted octanol–water partition coefficient (Wildman–Crippen LogP) is 3.26. The molecule has 1 aliphatic heterocycles. The standard InChI is InChI=1S/C20H21NO4/c1-24-15-9-6-14(7-10-15)8-11-19(23)21-13-12-17(22)16-4-3-5-18(25-2)20(16)21/h3-7,9-10H,8,11-13H2,1-2H3. The number of aryl methyl sites for hydroxylation is 1. The van der Waals surface area contributed by atoms with Crippen LogP contribution >= 0.6 is 0 Å². The Kier molecular flexibility index (Phi) is 5.03. The van der Waals surface area contributed by atoms with Gasteiger partial charge in [0.25, 0.3) is 0 Å². The highest BCUT2D eigenvalue weighted by molar-refractivity contribution is 6.10. The summed E-state index contributed by atoms with van der Waals surface area (Å²) in [5.74, 6) is 1.40. The van der Waals surface area contributed by atoms with Crippen LogP contribution in [-0.4, -0.2) is 32.5 Å². The minimum absolute atomic E-state index is 0.00549. The van der Waals surface area contributed by atoms with E-state index >= 15 is 0 Å². The van der Waals surface area contributed by atoms with Crippen molar-refractivity contribution in [1.82, 2.24) is 0 Å². The van der Waals surface area contributed by atoms with Gasteiger partial charge in [-0.3, -0.25) is 9.59 Å². The number of ether oxygens (including phenoxy) is 2. The molecule has 0 bridgehead atoms. The normalized spacial score (nSPS) is 13.4. The van der Waals surface area contributed by atoms with Gasteiger partial charge in [0.2, 0.25) is 5.91 Å². The molecule has 5 nitrogen and oxygen atoms in total. The number of hydrogen-bond donors (Lipinski definition) is 0. The lowest BCUT2D eigenvalue weighted by molar-refractivity contribution is -0.118. The molecule has 3 rings (SSSR count). The van der Waals surface area contributed by atoms with Gasteiger partial charge in [0.1, 0.15) is 11.5 Å². The molecule has 0 N–H and O–H groups in total. The summed E-state index contributed by atoms with van der Waals surface area (Å²) in [5, 5.41) is 0. The molecule has 130 valence electrons. The topological polar surface area (TPSA) is 55.8 Å². The van der Waals surface area contributed by atoms with Gasteiger partial charge in [-0.1, -0.05) is 18.2 Å². The van der Waals surface area contributed by atoms with Crippen molar-refractivity contribution in [2.45, 2.75) is 19.3 Å². The number of amides is 1. The van der Waals surface area contributed by atoms with E-state index in [1.807, 2.05) is 24.3 Å². The molecular weight excluding hydrogens is 318 g/mol. The first-order valence-corrected chi connectivity index (χ1v) is 8.27. The van der Waals surface area contributed by atoms with Gasteiger partial charge < -0.3 is 14.4 Å². The largest absolute Gasteiger partial charge is 0.497 e. The Hall–Kier alpha value is -2.82. The van der Waals surface area contributed by atoms with E-state index in [1.54, 1.807) is 37.3 Å². The summed E-state index contributed by atoms with van der Waals surface area (Å²) < 4.78 is 10.5. The fourth-order valence-electron chi connectivity index (χ4n) is 3.08. The van der Waals surface area contributed by atoms with Crippen LogP contribution in [0.3, 0.4) is 0 Å². The fraction of sp³-hybridized carbons (Fsp3) is 0.300. The lowest BCUT2D eigenvalue weighted by Crippen LogP contribution is -2.37. The van der Waals surface area contributed by atoms with Gasteiger partial charge in [0, 0.05) is 24.9 Å². The maximum atomic E-state index is 12.8. The third-order valence-electron chi connectivity index (χ3n) is 4.44. The molecule has 0 aromatic heterocycles. The average Bonchev–Trinajstić information content (AvgIpc) is 2.66. The monoisotopic (exact) mass is 339 g/mol. The molecule has 0 saturated heterocycles. The van der Waals surface area contributed by atoms with Crippen LogP contribution in [0.15, 0.2) is 42.5 Å². The number of anilines is 1. The van der Waals surface area contributed by atoms with Crippen LogP contribution in [0, 0.1) is 0 Å². The van der Waals surface area contributed by atoms with Crippen molar-refractivity contribution < 1.29 is 19.1 Å². The van der Waals surface area contributed by atoms with Crippen molar-refractivity contribution in [2.24, 2.45) is 0 Å². The van der Waals surface area contributed by atoms with Crippen molar-refractivity contribution in [2.75, 3.05) is 25.7 Å². The number of ketones is 1. The molecule has 0 fully saturated rings. The number of rotatable bonds is 5. The van der Waals surface area contributed by atoms with Gasteiger partial charge >= 0.3 is 0 Å². The molecular formula is C20H21NO4. The molecule has 1 amide bonds. The number of carbonyl (C=O) groups excluding carboxylic acids is 2. The van der Waals surface area contributed by atoms with Crippen molar-refractivity contribution in [3.8, 4) is 11.5 Å². The van der Waals surface area contributed by atoms with Crippen molar-refractivity contribution in [3.05, 3.63) is 53.6 Å². The molecule has 0 saturated carbocycles. The Labute approximate surface area is 147 Å². The summed E-state index contributed by atoms with van der Waals surface area (Å²) in [6.45, 7) is 0.396. The molecule has 0 spiro atoms. The zero-order valence-corrected chi connectivity index (χ0v) is 14.5. The van der Waals surface area contributed by atoms with E-state index in [-0.39, 0.29) is 11.7 Å². The molecule has 0 atom stereocenters. The van der Waals surface area contributed by atoms with Crippen LogP contribution in [0.2, 0.25) is 0 Å². The summed E-state index contributed by atoms with van der Waals surface area (Å²) in [6.07, 6.45) is 1.35. The van der Waals surface area contributed by atoms with E-state index in [4.69, 9.17) is 9.47 Å². The van der Waals surface area contributed by atoms with Gasteiger partial charge in [-0.15, -0.1) is 0 Å². The van der Waals surface area contributed by atoms with E-state index in [9.17, 15) is 9.59 Å². The molecule has 5 heteroatoms. The van der Waals surface area contributed by atoms with Gasteiger partial charge in [-0.25, -0.2) is 0 Å². The lowest BCUT2D eigenvalue weighted by Gasteiger charge is -2.30. The van der Waals surface area contributed by atoms with Crippen LogP contribution < -0.4 is 14.4 Å². The van der Waals surface area contributed by atoms with Crippen LogP contribution in [0.25, 0.3) is 0 Å². The molecule has 2 aromatic rings. The van der Waals surface area contributed by atoms with E-state index in [2.05, 4.69) is 0 Å². The minimum Gasteiger partial charge on any atom is -0.497 e. The van der Waals surface area contributed by atoms with E-state index in [0.717, 1.165) is 11.3 Å². The summed E-state index contributed by atoms with van der Waals surface area (Å²) in [4.78, 5) is 26.6. The van der Waals surface area contributed by atoms with E-state index in [1.165, 1.54) is 0 Å². The highest BCUT2D eigenvalue weighted by Crippen LogP contribution is 2.36. The molecule has 0 aliphatic carbocycles. The molecule has 0 radical (unpaired) electrons. The quantitative estimate of drug-likeness (QED) is 0.839. The molecule has 2 aromatic carbocycles. The Bertz CT molecular complexity index is 783. The Morgan fingerprint density at radius 1 is 1.08 bits per heavy atom. The Morgan fingerprint density at radius 3 is 2.52 bits per heavy atom. The zero-order chi connectivity index (χ0) is 17.8. The molecule has 0 unspecified atom stereocenters. The van der Waals surface area contributed by atoms with Gasteiger partial charge in [0.15, 0.2) is 5.78 Å². The summed E-state index contributed by atoms with van der Waals surface area (Å²) >= 11 is 0. The summed E-state index contributed by atoms with van der Waals surface area (Å²) in [7, 11) is 3.18. The van der Waals surface area contributed by atoms with Gasteiger partial charge in [-0.2, -0.15) is 0 Å². The van der Waals surface area contributed by atoms with Crippen LogP contribution in [-0.2, 0) is 11.2 Å². The first-order valence-electron chi connectivity index (χ1n) is 8.27. The second-order valence-corrected chi connectivity index (χ2v) is 5.92. The van der Waals surface area contributed by atoms with Crippen LogP contribution in [0.1, 0.15) is 28.8 Å². The van der Waals surface area contributed by atoms with Gasteiger partial charge in [-0.05, 0) is 36.2 Å².